The molecule has 0 spiro atoms. The van der Waals surface area contributed by atoms with Crippen LogP contribution in [0.4, 0.5) is 0 Å². The van der Waals surface area contributed by atoms with Gasteiger partial charge in [-0.1, -0.05) is 61.4 Å². The molecule has 0 saturated heterocycles. The molecule has 6 heteroatoms. The van der Waals surface area contributed by atoms with Gasteiger partial charge in [0.25, 0.3) is 0 Å². The monoisotopic (exact) mass is 394 g/mol. The molecule has 2 aromatic carbocycles. The molecule has 0 radical (unpaired) electrons. The number of rotatable bonds is 10. The summed E-state index contributed by atoms with van der Waals surface area (Å²) in [5.41, 5.74) is 3.52. The van der Waals surface area contributed by atoms with Crippen molar-refractivity contribution in [3.8, 4) is 5.75 Å². The van der Waals surface area contributed by atoms with Crippen LogP contribution in [0.15, 0.2) is 65.1 Å². The highest BCUT2D eigenvalue weighted by Gasteiger charge is 2.04. The number of hydrogen-bond acceptors (Lipinski definition) is 5. The van der Waals surface area contributed by atoms with Gasteiger partial charge in [0.2, 0.25) is 5.16 Å². The first-order chi connectivity index (χ1) is 13.7. The number of unbranched alkanes of at least 4 members (excludes halogenated alkanes) is 2. The maximum Gasteiger partial charge on any atom is 0.212 e. The topological polar surface area (TPSA) is 52.3 Å². The van der Waals surface area contributed by atoms with E-state index < -0.39 is 0 Å². The zero-order chi connectivity index (χ0) is 19.6. The molecular weight excluding hydrogens is 368 g/mol. The van der Waals surface area contributed by atoms with Gasteiger partial charge in [-0.15, -0.1) is 10.2 Å². The highest BCUT2D eigenvalue weighted by molar-refractivity contribution is 7.98. The van der Waals surface area contributed by atoms with Crippen LogP contribution in [0.1, 0.15) is 42.9 Å². The second-order valence-corrected chi connectivity index (χ2v) is 7.54. The van der Waals surface area contributed by atoms with Crippen molar-refractivity contribution in [1.29, 1.82) is 0 Å². The summed E-state index contributed by atoms with van der Waals surface area (Å²) in [6, 6.07) is 16.5. The van der Waals surface area contributed by atoms with Gasteiger partial charge in [-0.3, -0.25) is 0 Å². The summed E-state index contributed by atoms with van der Waals surface area (Å²) < 4.78 is 7.44. The molecule has 0 aliphatic carbocycles. The summed E-state index contributed by atoms with van der Waals surface area (Å²) in [6.45, 7) is 5.05. The van der Waals surface area contributed by atoms with E-state index in [2.05, 4.69) is 53.4 Å². The second-order valence-electron chi connectivity index (χ2n) is 6.60. The summed E-state index contributed by atoms with van der Waals surface area (Å²) in [5.74, 6) is 1.73. The Morgan fingerprint density at radius 2 is 1.86 bits per heavy atom. The van der Waals surface area contributed by atoms with E-state index in [1.165, 1.54) is 24.0 Å². The van der Waals surface area contributed by atoms with Gasteiger partial charge in [0.05, 0.1) is 12.8 Å². The summed E-state index contributed by atoms with van der Waals surface area (Å²) in [5, 5.41) is 13.4. The van der Waals surface area contributed by atoms with E-state index in [0.29, 0.717) is 0 Å². The van der Waals surface area contributed by atoms with Crippen molar-refractivity contribution in [2.24, 2.45) is 5.10 Å². The molecule has 1 heterocycles. The first kappa shape index (κ1) is 20.1. The highest BCUT2D eigenvalue weighted by Crippen LogP contribution is 2.21. The maximum absolute atomic E-state index is 5.74. The molecule has 0 bridgehead atoms. The largest absolute Gasteiger partial charge is 0.494 e. The average Bonchev–Trinajstić information content (AvgIpc) is 3.17. The van der Waals surface area contributed by atoms with Crippen LogP contribution < -0.4 is 4.74 Å². The summed E-state index contributed by atoms with van der Waals surface area (Å²) in [6.07, 6.45) is 6.93. The Morgan fingerprint density at radius 3 is 2.61 bits per heavy atom. The number of ether oxygens (including phenoxy) is 1. The van der Waals surface area contributed by atoms with Crippen molar-refractivity contribution in [2.75, 3.05) is 6.61 Å². The van der Waals surface area contributed by atoms with E-state index in [4.69, 9.17) is 4.74 Å². The Morgan fingerprint density at radius 1 is 1.07 bits per heavy atom. The zero-order valence-corrected chi connectivity index (χ0v) is 17.2. The molecule has 0 saturated carbocycles. The maximum atomic E-state index is 5.74. The van der Waals surface area contributed by atoms with Crippen LogP contribution in [0.25, 0.3) is 0 Å². The highest BCUT2D eigenvalue weighted by atomic mass is 32.2. The van der Waals surface area contributed by atoms with Gasteiger partial charge in [-0.25, -0.2) is 0 Å². The van der Waals surface area contributed by atoms with Crippen LogP contribution in [0.2, 0.25) is 0 Å². The van der Waals surface area contributed by atoms with Crippen molar-refractivity contribution in [1.82, 2.24) is 14.9 Å². The minimum absolute atomic E-state index is 0.767. The second kappa shape index (κ2) is 10.7. The fourth-order valence-electron chi connectivity index (χ4n) is 2.55. The third kappa shape index (κ3) is 6.23. The molecule has 0 amide bonds. The quantitative estimate of drug-likeness (QED) is 0.265. The average molecular weight is 395 g/mol. The van der Waals surface area contributed by atoms with Gasteiger partial charge in [-0.2, -0.15) is 9.78 Å². The standard InChI is InChI=1S/C22H26N4OS/c1-3-4-5-14-27-21-12-10-19(11-13-21)15-24-26-17-23-25-22(26)28-16-20-8-6-18(2)7-9-20/h6-13,15,17H,3-5,14,16H2,1-2H3/b24-15+. The SMILES string of the molecule is CCCCCOc1ccc(/C=N/n2cnnc2SCc2ccc(C)cc2)cc1. The predicted molar refractivity (Wildman–Crippen MR) is 115 cm³/mol. The lowest BCUT2D eigenvalue weighted by molar-refractivity contribution is 0.306. The lowest BCUT2D eigenvalue weighted by Crippen LogP contribution is -1.97. The molecule has 0 atom stereocenters. The molecule has 28 heavy (non-hydrogen) atoms. The van der Waals surface area contributed by atoms with E-state index in [0.717, 1.165) is 35.2 Å². The van der Waals surface area contributed by atoms with Crippen molar-refractivity contribution < 1.29 is 4.74 Å². The van der Waals surface area contributed by atoms with E-state index in [1.54, 1.807) is 29.0 Å². The van der Waals surface area contributed by atoms with E-state index >= 15 is 0 Å². The van der Waals surface area contributed by atoms with Gasteiger partial charge in [0, 0.05) is 5.75 Å². The minimum atomic E-state index is 0.767. The summed E-state index contributed by atoms with van der Waals surface area (Å²) >= 11 is 1.62. The van der Waals surface area contributed by atoms with Crippen molar-refractivity contribution in [3.05, 3.63) is 71.5 Å². The fraction of sp³-hybridized carbons (Fsp3) is 0.318. The Bertz CT molecular complexity index is 872. The fourth-order valence-corrected chi connectivity index (χ4v) is 3.37. The smallest absolute Gasteiger partial charge is 0.212 e. The third-order valence-electron chi connectivity index (χ3n) is 4.22. The molecule has 0 aliphatic rings. The number of aryl methyl sites for hydroxylation is 1. The number of aromatic nitrogens is 3. The lowest BCUT2D eigenvalue weighted by Gasteiger charge is -2.05. The number of nitrogens with zero attached hydrogens (tertiary/aromatic N) is 4. The van der Waals surface area contributed by atoms with Crippen LogP contribution >= 0.6 is 11.8 Å². The van der Waals surface area contributed by atoms with Crippen LogP contribution in [-0.4, -0.2) is 27.7 Å². The molecule has 0 unspecified atom stereocenters. The Kier molecular flexibility index (Phi) is 7.67. The summed E-state index contributed by atoms with van der Waals surface area (Å²) in [4.78, 5) is 0. The van der Waals surface area contributed by atoms with Gasteiger partial charge in [-0.05, 0) is 48.7 Å². The van der Waals surface area contributed by atoms with Crippen molar-refractivity contribution in [2.45, 2.75) is 44.0 Å². The molecule has 146 valence electrons. The Balaban J connectivity index is 1.54. The lowest BCUT2D eigenvalue weighted by atomic mass is 10.2. The molecule has 3 aromatic rings. The Labute approximate surface area is 170 Å². The van der Waals surface area contributed by atoms with Gasteiger partial charge in [0.15, 0.2) is 0 Å². The van der Waals surface area contributed by atoms with Crippen molar-refractivity contribution >= 4 is 18.0 Å². The molecule has 0 N–H and O–H groups in total. The van der Waals surface area contributed by atoms with Crippen LogP contribution in [0, 0.1) is 6.92 Å². The van der Waals surface area contributed by atoms with E-state index in [-0.39, 0.29) is 0 Å². The Hall–Kier alpha value is -2.60. The molecular formula is C22H26N4OS. The van der Waals surface area contributed by atoms with Crippen molar-refractivity contribution in [3.63, 3.8) is 0 Å². The minimum Gasteiger partial charge on any atom is -0.494 e. The molecule has 1 aromatic heterocycles. The summed E-state index contributed by atoms with van der Waals surface area (Å²) in [7, 11) is 0. The molecule has 0 aliphatic heterocycles. The normalized spacial score (nSPS) is 11.2. The van der Waals surface area contributed by atoms with Gasteiger partial charge in [0.1, 0.15) is 12.1 Å². The molecule has 3 rings (SSSR count). The van der Waals surface area contributed by atoms with E-state index in [9.17, 15) is 0 Å². The van der Waals surface area contributed by atoms with Crippen LogP contribution in [0.3, 0.4) is 0 Å². The zero-order valence-electron chi connectivity index (χ0n) is 16.4. The number of hydrogen-bond donors (Lipinski definition) is 0. The number of thioether (sulfide) groups is 1. The molecule has 5 nitrogen and oxygen atoms in total. The van der Waals surface area contributed by atoms with Gasteiger partial charge < -0.3 is 4.74 Å². The van der Waals surface area contributed by atoms with Crippen LogP contribution in [0.5, 0.6) is 5.75 Å². The predicted octanol–water partition coefficient (Wildman–Crippen LogP) is 5.33. The van der Waals surface area contributed by atoms with Crippen LogP contribution in [-0.2, 0) is 5.75 Å². The first-order valence-corrected chi connectivity index (χ1v) is 10.6. The number of benzene rings is 2. The third-order valence-corrected chi connectivity index (χ3v) is 5.22. The van der Waals surface area contributed by atoms with E-state index in [1.807, 2.05) is 24.3 Å². The molecule has 0 fully saturated rings. The van der Waals surface area contributed by atoms with Gasteiger partial charge >= 0.3 is 0 Å². The first-order valence-electron chi connectivity index (χ1n) is 9.60.